The van der Waals surface area contributed by atoms with Gasteiger partial charge in [-0.05, 0) is 37.1 Å². The minimum atomic E-state index is -0.655. The fourth-order valence-corrected chi connectivity index (χ4v) is 5.97. The fourth-order valence-electron chi connectivity index (χ4n) is 5.97. The van der Waals surface area contributed by atoms with Gasteiger partial charge >= 0.3 is 11.9 Å². The lowest BCUT2D eigenvalue weighted by Crippen LogP contribution is -2.07. The zero-order valence-electron chi connectivity index (χ0n) is 34.1. The molecule has 0 saturated heterocycles. The third-order valence-electron chi connectivity index (χ3n) is 9.32. The molecule has 0 saturated carbocycles. The highest BCUT2D eigenvalue weighted by molar-refractivity contribution is 5.72. The van der Waals surface area contributed by atoms with Gasteiger partial charge in [0.25, 0.3) is 11.4 Å². The van der Waals surface area contributed by atoms with Crippen molar-refractivity contribution in [2.45, 2.75) is 194 Å². The summed E-state index contributed by atoms with van der Waals surface area (Å²) in [6.07, 6.45) is 34.2. The number of carbonyl (C=O) groups excluding carboxylic acids is 1. The van der Waals surface area contributed by atoms with Crippen LogP contribution in [0.5, 0.6) is 11.5 Å². The number of carboxylic acid groups (broad SMARTS) is 1. The highest BCUT2D eigenvalue weighted by Gasteiger charge is 2.08. The van der Waals surface area contributed by atoms with Crippen LogP contribution in [0.1, 0.15) is 194 Å². The predicted octanol–water partition coefficient (Wildman–Crippen LogP) is 13.8. The largest absolute Gasteiger partial charge is 0.508 e. The van der Waals surface area contributed by atoms with Crippen LogP contribution in [0.15, 0.2) is 48.5 Å². The number of nitrogens with zero attached hydrogens (tertiary/aromatic N) is 2. The molecule has 2 N–H and O–H groups in total. The molecule has 11 heteroatoms. The molecule has 11 nitrogen and oxygen atoms in total. The van der Waals surface area contributed by atoms with Crippen LogP contribution in [-0.2, 0) is 9.59 Å². The molecule has 2 aromatic rings. The maximum atomic E-state index is 11.8. The first-order valence-corrected chi connectivity index (χ1v) is 21.2. The van der Waals surface area contributed by atoms with Crippen LogP contribution in [0.25, 0.3) is 0 Å². The summed E-state index contributed by atoms with van der Waals surface area (Å²) in [5.74, 6) is -0.532. The number of carboxylic acids is 1. The van der Waals surface area contributed by atoms with E-state index in [4.69, 9.17) is 14.9 Å². The molecule has 0 aliphatic rings. The highest BCUT2D eigenvalue weighted by atomic mass is 16.6. The molecule has 0 aliphatic heterocycles. The summed E-state index contributed by atoms with van der Waals surface area (Å²) >= 11 is 0. The second-order valence-corrected chi connectivity index (χ2v) is 14.4. The van der Waals surface area contributed by atoms with Crippen LogP contribution in [0.2, 0.25) is 0 Å². The number of ether oxygens (including phenoxy) is 1. The van der Waals surface area contributed by atoms with E-state index in [2.05, 4.69) is 13.8 Å². The lowest BCUT2D eigenvalue weighted by atomic mass is 10.0. The first-order valence-electron chi connectivity index (χ1n) is 21.2. The quantitative estimate of drug-likeness (QED) is 0.0249. The van der Waals surface area contributed by atoms with Gasteiger partial charge in [0.1, 0.15) is 11.5 Å². The van der Waals surface area contributed by atoms with Gasteiger partial charge in [0, 0.05) is 37.1 Å². The van der Waals surface area contributed by atoms with Gasteiger partial charge in [-0.3, -0.25) is 29.8 Å². The third kappa shape index (κ3) is 34.2. The summed E-state index contributed by atoms with van der Waals surface area (Å²) < 4.78 is 5.19. The highest BCUT2D eigenvalue weighted by Crippen LogP contribution is 2.19. The number of non-ortho nitro benzene ring substituents is 2. The van der Waals surface area contributed by atoms with Crippen molar-refractivity contribution in [1.29, 1.82) is 0 Å². The maximum Gasteiger partial charge on any atom is 0.311 e. The Balaban J connectivity index is 0.000000889. The molecule has 0 unspecified atom stereocenters. The summed E-state index contributed by atoms with van der Waals surface area (Å²) in [4.78, 5) is 41.7. The molecule has 2 aromatic carbocycles. The van der Waals surface area contributed by atoms with Crippen molar-refractivity contribution in [2.24, 2.45) is 0 Å². The number of aliphatic carboxylic acids is 1. The van der Waals surface area contributed by atoms with Gasteiger partial charge in [-0.25, -0.2) is 0 Å². The average Bonchev–Trinajstić information content (AvgIpc) is 3.16. The Hall–Kier alpha value is -4.02. The lowest BCUT2D eigenvalue weighted by molar-refractivity contribution is -0.385. The molecule has 2 rings (SSSR count). The number of carbonyl (C=O) groups is 2. The number of esters is 1. The van der Waals surface area contributed by atoms with Crippen molar-refractivity contribution in [3.05, 3.63) is 68.8 Å². The summed E-state index contributed by atoms with van der Waals surface area (Å²) in [6, 6.07) is 10.6. The van der Waals surface area contributed by atoms with Crippen LogP contribution in [0, 0.1) is 20.2 Å². The number of rotatable bonds is 31. The van der Waals surface area contributed by atoms with Gasteiger partial charge in [-0.2, -0.15) is 0 Å². The molecule has 0 radical (unpaired) electrons. The van der Waals surface area contributed by atoms with E-state index in [-0.39, 0.29) is 23.1 Å². The number of phenolic OH excluding ortho intramolecular Hbond substituents is 1. The summed E-state index contributed by atoms with van der Waals surface area (Å²) in [6.45, 7) is 4.51. The van der Waals surface area contributed by atoms with Crippen LogP contribution < -0.4 is 4.74 Å². The van der Waals surface area contributed by atoms with E-state index >= 15 is 0 Å². The Morgan fingerprint density at radius 1 is 0.491 bits per heavy atom. The minimum absolute atomic E-state index is 0.00806. The number of nitro benzene ring substituents is 2. The molecular weight excluding hydrogens is 700 g/mol. The number of hydrogen-bond donors (Lipinski definition) is 2. The number of phenols is 1. The van der Waals surface area contributed by atoms with Crippen molar-refractivity contribution in [1.82, 2.24) is 0 Å². The Kier molecular flexibility index (Phi) is 34.2. The predicted molar refractivity (Wildman–Crippen MR) is 222 cm³/mol. The fraction of sp³-hybridized carbons (Fsp3) is 0.682. The Morgan fingerprint density at radius 2 is 0.782 bits per heavy atom. The zero-order chi connectivity index (χ0) is 40.8. The van der Waals surface area contributed by atoms with Crippen LogP contribution in [-0.4, -0.2) is 32.0 Å². The van der Waals surface area contributed by atoms with Crippen LogP contribution >= 0.6 is 0 Å². The second kappa shape index (κ2) is 36.9. The summed E-state index contributed by atoms with van der Waals surface area (Å²) in [7, 11) is 0. The molecular formula is C44H72N2O9. The van der Waals surface area contributed by atoms with E-state index < -0.39 is 15.8 Å². The van der Waals surface area contributed by atoms with Crippen LogP contribution in [0.4, 0.5) is 11.4 Å². The third-order valence-corrected chi connectivity index (χ3v) is 9.32. The Labute approximate surface area is 331 Å². The molecule has 0 bridgehead atoms. The van der Waals surface area contributed by atoms with Gasteiger partial charge in [0.15, 0.2) is 0 Å². The second-order valence-electron chi connectivity index (χ2n) is 14.4. The van der Waals surface area contributed by atoms with E-state index in [0.717, 1.165) is 25.7 Å². The number of hydrogen-bond acceptors (Lipinski definition) is 8. The molecule has 0 fully saturated rings. The molecule has 0 spiro atoms. The van der Waals surface area contributed by atoms with Crippen molar-refractivity contribution < 1.29 is 34.4 Å². The number of nitro groups is 2. The van der Waals surface area contributed by atoms with Gasteiger partial charge in [-0.15, -0.1) is 0 Å². The van der Waals surface area contributed by atoms with E-state index in [9.17, 15) is 29.8 Å². The molecule has 0 aromatic heterocycles. The molecule has 312 valence electrons. The molecule has 0 amide bonds. The van der Waals surface area contributed by atoms with Gasteiger partial charge in [0.05, 0.1) is 9.85 Å². The Morgan fingerprint density at radius 3 is 1.09 bits per heavy atom. The zero-order valence-corrected chi connectivity index (χ0v) is 34.1. The molecule has 55 heavy (non-hydrogen) atoms. The van der Waals surface area contributed by atoms with E-state index in [1.807, 2.05) is 0 Å². The van der Waals surface area contributed by atoms with Crippen molar-refractivity contribution in [3.63, 3.8) is 0 Å². The summed E-state index contributed by atoms with van der Waals surface area (Å²) in [5.41, 5.74) is -0.0240. The Bertz CT molecular complexity index is 1240. The molecule has 0 atom stereocenters. The van der Waals surface area contributed by atoms with Gasteiger partial charge in [0.2, 0.25) is 0 Å². The van der Waals surface area contributed by atoms with Crippen molar-refractivity contribution >= 4 is 23.3 Å². The standard InChI is InChI=1S/C22H35NO4.C16H32O2.C6H5NO3/c1-2-3-4-5-6-7-8-9-10-11-12-13-14-15-22(24)27-21-18-16-20(17-19-21)23(25)26;1-2-3-4-5-6-7-8-9-10-11-12-13-14-15-16(17)18;8-6-3-1-5(2-4-6)7(9)10/h16-19H,2-15H2,1H3;2-15H2,1H3,(H,17,18);1-4,8H. The molecule has 0 heterocycles. The van der Waals surface area contributed by atoms with E-state index in [1.165, 1.54) is 190 Å². The van der Waals surface area contributed by atoms with Gasteiger partial charge in [-0.1, -0.05) is 168 Å². The first kappa shape index (κ1) is 51.0. The minimum Gasteiger partial charge on any atom is -0.508 e. The van der Waals surface area contributed by atoms with Crippen molar-refractivity contribution in [3.8, 4) is 11.5 Å². The monoisotopic (exact) mass is 773 g/mol. The van der Waals surface area contributed by atoms with Crippen molar-refractivity contribution in [2.75, 3.05) is 0 Å². The average molecular weight is 773 g/mol. The summed E-state index contributed by atoms with van der Waals surface area (Å²) in [5, 5.41) is 37.8. The van der Waals surface area contributed by atoms with Crippen LogP contribution in [0.3, 0.4) is 0 Å². The maximum absolute atomic E-state index is 11.8. The first-order chi connectivity index (χ1) is 26.6. The molecule has 0 aliphatic carbocycles. The number of unbranched alkanes of at least 4 members (excludes halogenated alkanes) is 24. The van der Waals surface area contributed by atoms with E-state index in [0.29, 0.717) is 18.6 Å². The number of aromatic hydroxyl groups is 1. The number of benzene rings is 2. The SMILES string of the molecule is CCCCCCCCCCCCCCCC(=O)O.CCCCCCCCCCCCCCCC(=O)Oc1ccc([N+](=O)[O-])cc1.O=[N+]([O-])c1ccc(O)cc1. The smallest absolute Gasteiger partial charge is 0.311 e. The van der Waals surface area contributed by atoms with Gasteiger partial charge < -0.3 is 14.9 Å². The van der Waals surface area contributed by atoms with E-state index in [1.54, 1.807) is 0 Å². The normalized spacial score (nSPS) is 10.4. The topological polar surface area (TPSA) is 170 Å². The lowest BCUT2D eigenvalue weighted by Gasteiger charge is -2.05.